The van der Waals surface area contributed by atoms with Crippen LogP contribution in [0.15, 0.2) is 84.0 Å². The fourth-order valence-electron chi connectivity index (χ4n) is 5.30. The van der Waals surface area contributed by atoms with Gasteiger partial charge in [-0.2, -0.15) is 5.10 Å². The van der Waals surface area contributed by atoms with E-state index >= 15 is 0 Å². The smallest absolute Gasteiger partial charge is 0.257 e. The van der Waals surface area contributed by atoms with E-state index < -0.39 is 0 Å². The molecule has 0 aliphatic carbocycles. The highest BCUT2D eigenvalue weighted by Crippen LogP contribution is 2.36. The Hall–Kier alpha value is -3.55. The van der Waals surface area contributed by atoms with Crippen LogP contribution >= 0.6 is 11.3 Å². The summed E-state index contributed by atoms with van der Waals surface area (Å²) in [5.41, 5.74) is 4.17. The van der Waals surface area contributed by atoms with Gasteiger partial charge >= 0.3 is 0 Å². The molecule has 1 amide bonds. The molecule has 3 heterocycles. The summed E-state index contributed by atoms with van der Waals surface area (Å²) in [4.78, 5) is 20.8. The summed E-state index contributed by atoms with van der Waals surface area (Å²) in [6, 6.07) is 26.4. The van der Waals surface area contributed by atoms with E-state index in [1.54, 1.807) is 23.5 Å². The number of methoxy groups -OCH3 is 1. The molecule has 1 unspecified atom stereocenters. The van der Waals surface area contributed by atoms with Crippen LogP contribution in [0.4, 0.5) is 0 Å². The Labute approximate surface area is 221 Å². The second-order valence-corrected chi connectivity index (χ2v) is 10.8. The number of carbonyl (C=O) groups excluding carboxylic acids is 1. The van der Waals surface area contributed by atoms with Crippen molar-refractivity contribution >= 4 is 33.2 Å². The zero-order chi connectivity index (χ0) is 25.2. The van der Waals surface area contributed by atoms with Gasteiger partial charge in [-0.3, -0.25) is 9.69 Å². The van der Waals surface area contributed by atoms with Gasteiger partial charge in [0.15, 0.2) is 0 Å². The molecule has 0 spiro atoms. The molecule has 6 nitrogen and oxygen atoms in total. The van der Waals surface area contributed by atoms with Crippen molar-refractivity contribution in [2.45, 2.75) is 31.2 Å². The van der Waals surface area contributed by atoms with Gasteiger partial charge in [-0.1, -0.05) is 54.6 Å². The van der Waals surface area contributed by atoms with E-state index in [0.717, 1.165) is 54.0 Å². The van der Waals surface area contributed by atoms with Crippen molar-refractivity contribution in [2.24, 2.45) is 5.10 Å². The number of likely N-dealkylation sites (tertiary alicyclic amines) is 1. The maximum atomic E-state index is 13.6. The first-order valence-corrected chi connectivity index (χ1v) is 13.7. The molecular formula is C30H30N4O2S. The fraction of sp³-hybridized carbons (Fsp3) is 0.300. The Balaban J connectivity index is 1.15. The van der Waals surface area contributed by atoms with E-state index in [2.05, 4.69) is 35.2 Å². The topological polar surface area (TPSA) is 58.0 Å². The van der Waals surface area contributed by atoms with E-state index in [0.29, 0.717) is 18.9 Å². The summed E-state index contributed by atoms with van der Waals surface area (Å²) < 4.78 is 6.59. The van der Waals surface area contributed by atoms with Crippen molar-refractivity contribution in [1.29, 1.82) is 0 Å². The average molecular weight is 511 g/mol. The van der Waals surface area contributed by atoms with Gasteiger partial charge in [0.25, 0.3) is 5.91 Å². The van der Waals surface area contributed by atoms with Crippen LogP contribution in [0.3, 0.4) is 0 Å². The molecule has 3 aromatic carbocycles. The standard InChI is InChI=1S/C30H30N4O2S/c1-36-24-13-11-22(12-14-24)27-19-26(21-7-3-2-4-8-21)32-34(27)29(35)20-33-17-15-23(16-18-33)30-31-25-9-5-6-10-28(25)37-30/h2-14,23,27H,15-20H2,1H3. The molecule has 0 bridgehead atoms. The number of para-hydroxylation sites is 1. The van der Waals surface area contributed by atoms with Crippen LogP contribution in [0.1, 0.15) is 47.4 Å². The minimum atomic E-state index is -0.117. The van der Waals surface area contributed by atoms with Crippen molar-refractivity contribution in [2.75, 3.05) is 26.7 Å². The van der Waals surface area contributed by atoms with Gasteiger partial charge in [-0.15, -0.1) is 11.3 Å². The highest BCUT2D eigenvalue weighted by Gasteiger charge is 2.34. The average Bonchev–Trinajstić information content (AvgIpc) is 3.59. The number of hydrogen-bond acceptors (Lipinski definition) is 6. The Kier molecular flexibility index (Phi) is 6.72. The minimum absolute atomic E-state index is 0.0465. The predicted octanol–water partition coefficient (Wildman–Crippen LogP) is 5.86. The molecule has 2 aliphatic heterocycles. The van der Waals surface area contributed by atoms with Crippen LogP contribution in [0, 0.1) is 0 Å². The Bertz CT molecular complexity index is 1380. The van der Waals surface area contributed by atoms with Crippen LogP contribution in [0.2, 0.25) is 0 Å². The molecule has 6 rings (SSSR count). The molecule has 2 aliphatic rings. The number of thiazole rings is 1. The van der Waals surface area contributed by atoms with Crippen molar-refractivity contribution < 1.29 is 9.53 Å². The number of nitrogens with zero attached hydrogens (tertiary/aromatic N) is 4. The number of carbonyl (C=O) groups is 1. The third-order valence-corrected chi connectivity index (χ3v) is 8.58. The number of hydrogen-bond donors (Lipinski definition) is 0. The van der Waals surface area contributed by atoms with Gasteiger partial charge in [0.05, 0.1) is 40.6 Å². The van der Waals surface area contributed by atoms with Crippen LogP contribution in [-0.2, 0) is 4.79 Å². The number of aromatic nitrogens is 1. The van der Waals surface area contributed by atoms with Gasteiger partial charge in [0, 0.05) is 12.3 Å². The number of benzene rings is 3. The van der Waals surface area contributed by atoms with Crippen LogP contribution < -0.4 is 4.74 Å². The molecule has 1 fully saturated rings. The maximum absolute atomic E-state index is 13.6. The van der Waals surface area contributed by atoms with Gasteiger partial charge < -0.3 is 4.74 Å². The third-order valence-electron chi connectivity index (χ3n) is 7.38. The Morgan fingerprint density at radius 3 is 2.43 bits per heavy atom. The van der Waals surface area contributed by atoms with E-state index in [1.807, 2.05) is 48.5 Å². The Morgan fingerprint density at radius 1 is 0.973 bits per heavy atom. The quantitative estimate of drug-likeness (QED) is 0.326. The van der Waals surface area contributed by atoms with Crippen LogP contribution in [0.5, 0.6) is 5.75 Å². The van der Waals surface area contributed by atoms with Crippen molar-refractivity contribution in [3.8, 4) is 5.75 Å². The molecule has 37 heavy (non-hydrogen) atoms. The van der Waals surface area contributed by atoms with Gasteiger partial charge in [0.2, 0.25) is 0 Å². The molecule has 0 saturated carbocycles. The first kappa shape index (κ1) is 23.8. The number of fused-ring (bicyclic) bond motifs is 1. The SMILES string of the molecule is COc1ccc(C2CC(c3ccccc3)=NN2C(=O)CN2CCC(c3nc4ccccc4s3)CC2)cc1. The number of ether oxygens (including phenoxy) is 1. The first-order chi connectivity index (χ1) is 18.2. The fourth-order valence-corrected chi connectivity index (χ4v) is 6.43. The van der Waals surface area contributed by atoms with Crippen LogP contribution in [0.25, 0.3) is 10.2 Å². The normalized spacial score (nSPS) is 18.8. The van der Waals surface area contributed by atoms with Gasteiger partial charge in [-0.25, -0.2) is 9.99 Å². The third kappa shape index (κ3) is 5.02. The van der Waals surface area contributed by atoms with E-state index in [1.165, 1.54) is 9.71 Å². The van der Waals surface area contributed by atoms with Crippen LogP contribution in [-0.4, -0.2) is 53.3 Å². The molecule has 1 atom stereocenters. The molecule has 0 radical (unpaired) electrons. The lowest BCUT2D eigenvalue weighted by Crippen LogP contribution is -2.41. The first-order valence-electron chi connectivity index (χ1n) is 12.8. The summed E-state index contributed by atoms with van der Waals surface area (Å²) in [5, 5.41) is 7.78. The molecule has 1 saturated heterocycles. The van der Waals surface area contributed by atoms with Gasteiger partial charge in [-0.05, 0) is 61.3 Å². The number of amides is 1. The largest absolute Gasteiger partial charge is 0.497 e. The van der Waals surface area contributed by atoms with Gasteiger partial charge in [0.1, 0.15) is 5.75 Å². The minimum Gasteiger partial charge on any atom is -0.497 e. The number of piperidine rings is 1. The van der Waals surface area contributed by atoms with E-state index in [4.69, 9.17) is 14.8 Å². The molecule has 0 N–H and O–H groups in total. The maximum Gasteiger partial charge on any atom is 0.257 e. The number of hydrazone groups is 1. The van der Waals surface area contributed by atoms with Crippen molar-refractivity contribution in [3.05, 3.63) is 95.0 Å². The number of rotatable bonds is 6. The Morgan fingerprint density at radius 2 is 1.70 bits per heavy atom. The summed E-state index contributed by atoms with van der Waals surface area (Å²) in [6.07, 6.45) is 2.74. The van der Waals surface area contributed by atoms with E-state index in [-0.39, 0.29) is 11.9 Å². The zero-order valence-corrected chi connectivity index (χ0v) is 21.7. The summed E-state index contributed by atoms with van der Waals surface area (Å²) in [6.45, 7) is 2.16. The second-order valence-electron chi connectivity index (χ2n) is 9.71. The summed E-state index contributed by atoms with van der Waals surface area (Å²) in [7, 11) is 1.66. The lowest BCUT2D eigenvalue weighted by Gasteiger charge is -2.32. The zero-order valence-electron chi connectivity index (χ0n) is 20.9. The molecule has 1 aromatic heterocycles. The van der Waals surface area contributed by atoms with E-state index in [9.17, 15) is 4.79 Å². The lowest BCUT2D eigenvalue weighted by atomic mass is 9.97. The summed E-state index contributed by atoms with van der Waals surface area (Å²) in [5.74, 6) is 1.32. The molecule has 188 valence electrons. The summed E-state index contributed by atoms with van der Waals surface area (Å²) >= 11 is 1.81. The highest BCUT2D eigenvalue weighted by atomic mass is 32.1. The van der Waals surface area contributed by atoms with Crippen molar-refractivity contribution in [1.82, 2.24) is 14.9 Å². The van der Waals surface area contributed by atoms with Crippen molar-refractivity contribution in [3.63, 3.8) is 0 Å². The highest BCUT2D eigenvalue weighted by molar-refractivity contribution is 7.18. The molecule has 7 heteroatoms. The predicted molar refractivity (Wildman–Crippen MR) is 148 cm³/mol. The second kappa shape index (κ2) is 10.4. The lowest BCUT2D eigenvalue weighted by molar-refractivity contribution is -0.134. The molecular weight excluding hydrogens is 480 g/mol. The monoisotopic (exact) mass is 510 g/mol. The molecule has 4 aromatic rings.